The molecular formula is C21H25F4N3O3. The molecule has 31 heavy (non-hydrogen) atoms. The van der Waals surface area contributed by atoms with Crippen molar-refractivity contribution in [2.24, 2.45) is 5.92 Å². The number of hydrogen-bond donors (Lipinski definition) is 1. The lowest BCUT2D eigenvalue weighted by Gasteiger charge is -2.43. The SMILES string of the molecule is O=C1CO[C@H]2CCN(C(=O)N3CCC(Cc4ccc(C(F)(F)F)cc4F)CC3)C[C@H]2N1. The van der Waals surface area contributed by atoms with Crippen LogP contribution in [0.25, 0.3) is 0 Å². The average Bonchev–Trinajstić information content (AvgIpc) is 2.74. The number of fused-ring (bicyclic) bond motifs is 1. The quantitative estimate of drug-likeness (QED) is 0.716. The van der Waals surface area contributed by atoms with Crippen LogP contribution in [0.15, 0.2) is 18.2 Å². The fourth-order valence-electron chi connectivity index (χ4n) is 4.60. The molecule has 1 aromatic rings. The van der Waals surface area contributed by atoms with Gasteiger partial charge >= 0.3 is 12.2 Å². The standard InChI is InChI=1S/C21H25F4N3O3/c22-16-10-15(21(23,24)25)2-1-14(16)9-13-3-6-27(7-4-13)20(30)28-8-5-18-17(11-28)26-19(29)12-31-18/h1-2,10,13,17-18H,3-9,11-12H2,(H,26,29)/t17-,18+/m1/s1. The van der Waals surface area contributed by atoms with Crippen LogP contribution in [0.3, 0.4) is 0 Å². The number of rotatable bonds is 2. The van der Waals surface area contributed by atoms with Crippen LogP contribution in [0.5, 0.6) is 0 Å². The Kier molecular flexibility index (Phi) is 6.09. The van der Waals surface area contributed by atoms with E-state index in [2.05, 4.69) is 5.32 Å². The number of morpholine rings is 1. The van der Waals surface area contributed by atoms with E-state index in [0.29, 0.717) is 57.9 Å². The summed E-state index contributed by atoms with van der Waals surface area (Å²) in [6.07, 6.45) is -2.29. The molecule has 2 atom stereocenters. The Balaban J connectivity index is 1.29. The third-order valence-electron chi connectivity index (χ3n) is 6.37. The summed E-state index contributed by atoms with van der Waals surface area (Å²) in [5, 5.41) is 2.88. The molecule has 0 saturated carbocycles. The summed E-state index contributed by atoms with van der Waals surface area (Å²) >= 11 is 0. The summed E-state index contributed by atoms with van der Waals surface area (Å²) in [5.74, 6) is -0.910. The molecule has 1 N–H and O–H groups in total. The number of carbonyl (C=O) groups is 2. The van der Waals surface area contributed by atoms with Crippen LogP contribution in [0.1, 0.15) is 30.4 Å². The number of hydrogen-bond acceptors (Lipinski definition) is 3. The lowest BCUT2D eigenvalue weighted by molar-refractivity contribution is -0.140. The van der Waals surface area contributed by atoms with Crippen LogP contribution < -0.4 is 5.32 Å². The van der Waals surface area contributed by atoms with Gasteiger partial charge in [0.2, 0.25) is 5.91 Å². The molecule has 0 aromatic heterocycles. The number of ether oxygens (including phenoxy) is 1. The number of urea groups is 1. The minimum absolute atomic E-state index is 0.0577. The van der Waals surface area contributed by atoms with E-state index in [9.17, 15) is 27.2 Å². The number of likely N-dealkylation sites (tertiary alicyclic amines) is 2. The number of halogens is 4. The first-order valence-corrected chi connectivity index (χ1v) is 10.5. The van der Waals surface area contributed by atoms with Crippen molar-refractivity contribution in [3.63, 3.8) is 0 Å². The van der Waals surface area contributed by atoms with E-state index >= 15 is 0 Å². The van der Waals surface area contributed by atoms with E-state index in [0.717, 1.165) is 6.07 Å². The van der Waals surface area contributed by atoms with Gasteiger partial charge in [0.05, 0.1) is 17.7 Å². The number of alkyl halides is 3. The zero-order chi connectivity index (χ0) is 22.2. The number of carbonyl (C=O) groups excluding carboxylic acids is 2. The van der Waals surface area contributed by atoms with E-state index in [4.69, 9.17) is 4.74 Å². The molecule has 0 aliphatic carbocycles. The van der Waals surface area contributed by atoms with Crippen molar-refractivity contribution >= 4 is 11.9 Å². The second-order valence-corrected chi connectivity index (χ2v) is 8.48. The first-order chi connectivity index (χ1) is 14.7. The average molecular weight is 443 g/mol. The maximum Gasteiger partial charge on any atom is 0.416 e. The van der Waals surface area contributed by atoms with E-state index < -0.39 is 17.6 Å². The Hall–Kier alpha value is -2.36. The highest BCUT2D eigenvalue weighted by atomic mass is 19.4. The van der Waals surface area contributed by atoms with Crippen LogP contribution in [-0.2, 0) is 22.1 Å². The molecule has 3 aliphatic rings. The largest absolute Gasteiger partial charge is 0.416 e. The van der Waals surface area contributed by atoms with Gasteiger partial charge in [-0.3, -0.25) is 4.79 Å². The smallest absolute Gasteiger partial charge is 0.366 e. The van der Waals surface area contributed by atoms with Gasteiger partial charge < -0.3 is 19.9 Å². The minimum atomic E-state index is -4.56. The van der Waals surface area contributed by atoms with Crippen LogP contribution in [0, 0.1) is 11.7 Å². The second-order valence-electron chi connectivity index (χ2n) is 8.48. The Morgan fingerprint density at radius 1 is 1.13 bits per heavy atom. The maximum absolute atomic E-state index is 14.1. The first-order valence-electron chi connectivity index (χ1n) is 10.5. The number of amides is 3. The van der Waals surface area contributed by atoms with Gasteiger partial charge in [0.1, 0.15) is 12.4 Å². The monoisotopic (exact) mass is 443 g/mol. The maximum atomic E-state index is 14.1. The summed E-state index contributed by atoms with van der Waals surface area (Å²) in [6, 6.07) is 2.39. The van der Waals surface area contributed by atoms with Gasteiger partial charge in [-0.2, -0.15) is 13.2 Å². The van der Waals surface area contributed by atoms with E-state index in [1.165, 1.54) is 6.07 Å². The summed E-state index contributed by atoms with van der Waals surface area (Å²) in [5.41, 5.74) is -0.717. The highest BCUT2D eigenvalue weighted by Crippen LogP contribution is 2.31. The molecule has 0 unspecified atom stereocenters. The third-order valence-corrected chi connectivity index (χ3v) is 6.37. The molecule has 3 amide bonds. The molecule has 6 nitrogen and oxygen atoms in total. The van der Waals surface area contributed by atoms with Crippen molar-refractivity contribution in [2.45, 2.75) is 44.0 Å². The Morgan fingerprint density at radius 3 is 2.52 bits per heavy atom. The molecule has 170 valence electrons. The summed E-state index contributed by atoms with van der Waals surface area (Å²) < 4.78 is 57.8. The lowest BCUT2D eigenvalue weighted by atomic mass is 9.89. The van der Waals surface area contributed by atoms with Crippen LogP contribution >= 0.6 is 0 Å². The predicted octanol–water partition coefficient (Wildman–Crippen LogP) is 2.81. The summed E-state index contributed by atoms with van der Waals surface area (Å²) in [7, 11) is 0. The van der Waals surface area contributed by atoms with Crippen molar-refractivity contribution < 1.29 is 31.9 Å². The molecule has 10 heteroatoms. The highest BCUT2D eigenvalue weighted by molar-refractivity contribution is 5.79. The van der Waals surface area contributed by atoms with Gasteiger partial charge in [0.15, 0.2) is 0 Å². The topological polar surface area (TPSA) is 61.9 Å². The Morgan fingerprint density at radius 2 is 1.84 bits per heavy atom. The second kappa shape index (κ2) is 8.64. The van der Waals surface area contributed by atoms with E-state index in [-0.39, 0.29) is 42.2 Å². The van der Waals surface area contributed by atoms with Gasteiger partial charge in [0.25, 0.3) is 0 Å². The van der Waals surface area contributed by atoms with Crippen LogP contribution in [0.2, 0.25) is 0 Å². The van der Waals surface area contributed by atoms with Crippen molar-refractivity contribution in [1.82, 2.24) is 15.1 Å². The number of nitrogens with zero attached hydrogens (tertiary/aromatic N) is 2. The van der Waals surface area contributed by atoms with Gasteiger partial charge in [0, 0.05) is 26.2 Å². The predicted molar refractivity (Wildman–Crippen MR) is 103 cm³/mol. The van der Waals surface area contributed by atoms with E-state index in [1.54, 1.807) is 9.80 Å². The molecule has 1 aromatic carbocycles. The Bertz CT molecular complexity index is 840. The van der Waals surface area contributed by atoms with Gasteiger partial charge in [-0.1, -0.05) is 6.07 Å². The molecule has 3 saturated heterocycles. The van der Waals surface area contributed by atoms with E-state index in [1.807, 2.05) is 0 Å². The Labute approximate surface area is 177 Å². The van der Waals surface area contributed by atoms with Crippen molar-refractivity contribution in [3.8, 4) is 0 Å². The lowest BCUT2D eigenvalue weighted by Crippen LogP contribution is -2.62. The third kappa shape index (κ3) is 4.94. The van der Waals surface area contributed by atoms with Crippen LogP contribution in [-0.4, -0.2) is 66.7 Å². The molecule has 3 fully saturated rings. The minimum Gasteiger partial charge on any atom is -0.366 e. The molecular weight excluding hydrogens is 418 g/mol. The number of piperidine rings is 2. The first kappa shape index (κ1) is 21.9. The highest BCUT2D eigenvalue weighted by Gasteiger charge is 2.38. The zero-order valence-electron chi connectivity index (χ0n) is 17.0. The molecule has 0 radical (unpaired) electrons. The zero-order valence-corrected chi connectivity index (χ0v) is 17.0. The number of nitrogens with one attached hydrogen (secondary N) is 1. The fraction of sp³-hybridized carbons (Fsp3) is 0.619. The summed E-state index contributed by atoms with van der Waals surface area (Å²) in [6.45, 7) is 2.05. The normalized spacial score (nSPS) is 25.2. The van der Waals surface area contributed by atoms with Crippen molar-refractivity contribution in [2.75, 3.05) is 32.8 Å². The molecule has 4 rings (SSSR count). The van der Waals surface area contributed by atoms with Crippen molar-refractivity contribution in [3.05, 3.63) is 35.1 Å². The molecule has 3 heterocycles. The van der Waals surface area contributed by atoms with Crippen LogP contribution in [0.4, 0.5) is 22.4 Å². The van der Waals surface area contributed by atoms with Gasteiger partial charge in [-0.05, 0) is 49.3 Å². The van der Waals surface area contributed by atoms with Crippen molar-refractivity contribution in [1.29, 1.82) is 0 Å². The fourth-order valence-corrected chi connectivity index (χ4v) is 4.60. The van der Waals surface area contributed by atoms with Gasteiger partial charge in [-0.25, -0.2) is 9.18 Å². The summed E-state index contributed by atoms with van der Waals surface area (Å²) in [4.78, 5) is 27.9. The number of benzene rings is 1. The molecule has 0 spiro atoms. The van der Waals surface area contributed by atoms with Gasteiger partial charge in [-0.15, -0.1) is 0 Å². The molecule has 0 bridgehead atoms. The molecule has 3 aliphatic heterocycles.